The van der Waals surface area contributed by atoms with Crippen LogP contribution >= 0.6 is 11.6 Å². The van der Waals surface area contributed by atoms with Crippen LogP contribution in [0.5, 0.6) is 0 Å². The van der Waals surface area contributed by atoms with Crippen LogP contribution in [0.3, 0.4) is 0 Å². The van der Waals surface area contributed by atoms with Crippen LogP contribution in [0, 0.1) is 13.8 Å². The Balaban J connectivity index is 2.42. The second-order valence-electron chi connectivity index (χ2n) is 4.21. The molecule has 2 rings (SSSR count). The molecule has 0 amide bonds. The highest BCUT2D eigenvalue weighted by atomic mass is 35.5. The molecule has 0 fully saturated rings. The normalized spacial score (nSPS) is 10.8. The topological polar surface area (TPSA) is 54.7 Å². The lowest BCUT2D eigenvalue weighted by atomic mass is 10.1. The summed E-state index contributed by atoms with van der Waals surface area (Å²) in [5.41, 5.74) is 9.94. The summed E-state index contributed by atoms with van der Waals surface area (Å²) >= 11 is 6.06. The summed E-state index contributed by atoms with van der Waals surface area (Å²) in [6.45, 7) is 4.71. The number of hydrogen-bond donors (Lipinski definition) is 2. The summed E-state index contributed by atoms with van der Waals surface area (Å²) < 4.78 is 0. The van der Waals surface area contributed by atoms with Gasteiger partial charge in [0.15, 0.2) is 5.15 Å². The van der Waals surface area contributed by atoms with Gasteiger partial charge in [-0.05, 0) is 26.0 Å². The Bertz CT molecular complexity index is 531. The number of aryl methyl sites for hydroxylation is 2. The first kappa shape index (κ1) is 12.1. The van der Waals surface area contributed by atoms with Gasteiger partial charge in [0.25, 0.3) is 0 Å². The summed E-state index contributed by atoms with van der Waals surface area (Å²) in [5, 5.41) is 0.519. The molecule has 3 nitrogen and oxygen atoms in total. The van der Waals surface area contributed by atoms with Gasteiger partial charge in [-0.2, -0.15) is 0 Å². The molecule has 0 aliphatic heterocycles. The van der Waals surface area contributed by atoms with Crippen molar-refractivity contribution >= 4 is 11.6 Å². The van der Waals surface area contributed by atoms with Crippen LogP contribution in [-0.2, 0) is 6.42 Å². The lowest BCUT2D eigenvalue weighted by Gasteiger charge is -2.03. The number of benzene rings is 1. The van der Waals surface area contributed by atoms with E-state index in [1.165, 1.54) is 11.1 Å². The lowest BCUT2D eigenvalue weighted by Crippen LogP contribution is -2.03. The zero-order valence-electron chi connectivity index (χ0n) is 10.0. The highest BCUT2D eigenvalue weighted by molar-refractivity contribution is 6.30. The van der Waals surface area contributed by atoms with Gasteiger partial charge in [0.2, 0.25) is 0 Å². The molecule has 4 heteroatoms. The number of halogens is 1. The molecule has 0 spiro atoms. The lowest BCUT2D eigenvalue weighted by molar-refractivity contribution is 0.936. The van der Waals surface area contributed by atoms with Crippen LogP contribution in [0.4, 0.5) is 0 Å². The standard InChI is InChI=1S/C13H16ClN3/c1-8-3-4-10(9(2)7-8)13-16-11(5-6-15)12(14)17-13/h3-4,7H,5-6,15H2,1-2H3,(H,16,17). The van der Waals surface area contributed by atoms with Gasteiger partial charge in [-0.3, -0.25) is 0 Å². The molecule has 3 N–H and O–H groups in total. The van der Waals surface area contributed by atoms with Crippen molar-refractivity contribution in [2.24, 2.45) is 5.73 Å². The minimum absolute atomic E-state index is 0.519. The van der Waals surface area contributed by atoms with Crippen LogP contribution < -0.4 is 5.73 Å². The average Bonchev–Trinajstić information content (AvgIpc) is 2.60. The predicted octanol–water partition coefficient (Wildman–Crippen LogP) is 2.85. The molecule has 0 aliphatic carbocycles. The Morgan fingerprint density at radius 2 is 2.12 bits per heavy atom. The maximum Gasteiger partial charge on any atom is 0.150 e. The molecule has 0 aliphatic rings. The van der Waals surface area contributed by atoms with Gasteiger partial charge >= 0.3 is 0 Å². The van der Waals surface area contributed by atoms with E-state index in [9.17, 15) is 0 Å². The Morgan fingerprint density at radius 3 is 2.76 bits per heavy atom. The number of aromatic amines is 1. The van der Waals surface area contributed by atoms with E-state index in [0.717, 1.165) is 23.5 Å². The van der Waals surface area contributed by atoms with Crippen molar-refractivity contribution in [3.8, 4) is 11.4 Å². The first-order chi connectivity index (χ1) is 8.11. The first-order valence-corrected chi connectivity index (χ1v) is 6.01. The summed E-state index contributed by atoms with van der Waals surface area (Å²) in [6, 6.07) is 6.27. The molecule has 1 aromatic carbocycles. The number of rotatable bonds is 3. The molecule has 1 heterocycles. The molecule has 0 atom stereocenters. The van der Waals surface area contributed by atoms with E-state index in [0.29, 0.717) is 11.7 Å². The van der Waals surface area contributed by atoms with Crippen LogP contribution in [0.15, 0.2) is 18.2 Å². The van der Waals surface area contributed by atoms with Gasteiger partial charge in [-0.25, -0.2) is 4.98 Å². The Hall–Kier alpha value is -1.32. The number of nitrogens with one attached hydrogen (secondary N) is 1. The number of imidazole rings is 1. The van der Waals surface area contributed by atoms with Crippen LogP contribution in [-0.4, -0.2) is 16.5 Å². The maximum absolute atomic E-state index is 6.06. The van der Waals surface area contributed by atoms with Crippen molar-refractivity contribution in [2.75, 3.05) is 6.54 Å². The van der Waals surface area contributed by atoms with Gasteiger partial charge < -0.3 is 10.7 Å². The van der Waals surface area contributed by atoms with Crippen molar-refractivity contribution in [1.29, 1.82) is 0 Å². The van der Waals surface area contributed by atoms with Crippen molar-refractivity contribution in [3.63, 3.8) is 0 Å². The second-order valence-corrected chi connectivity index (χ2v) is 4.57. The number of nitrogens with zero attached hydrogens (tertiary/aromatic N) is 1. The third kappa shape index (κ3) is 2.51. The minimum atomic E-state index is 0.519. The molecule has 0 unspecified atom stereocenters. The Labute approximate surface area is 106 Å². The first-order valence-electron chi connectivity index (χ1n) is 5.64. The largest absolute Gasteiger partial charge is 0.341 e. The maximum atomic E-state index is 6.06. The summed E-state index contributed by atoms with van der Waals surface area (Å²) in [7, 11) is 0. The van der Waals surface area contributed by atoms with E-state index in [4.69, 9.17) is 17.3 Å². The summed E-state index contributed by atoms with van der Waals surface area (Å²) in [4.78, 5) is 7.58. The smallest absolute Gasteiger partial charge is 0.150 e. The van der Waals surface area contributed by atoms with Crippen molar-refractivity contribution in [1.82, 2.24) is 9.97 Å². The van der Waals surface area contributed by atoms with Gasteiger partial charge in [0.1, 0.15) is 5.82 Å². The molecule has 1 aromatic heterocycles. The second kappa shape index (κ2) is 4.90. The fourth-order valence-electron chi connectivity index (χ4n) is 1.90. The van der Waals surface area contributed by atoms with E-state index in [-0.39, 0.29) is 0 Å². The van der Waals surface area contributed by atoms with Crippen LogP contribution in [0.2, 0.25) is 5.15 Å². The quantitative estimate of drug-likeness (QED) is 0.879. The van der Waals surface area contributed by atoms with Gasteiger partial charge in [0.05, 0.1) is 5.69 Å². The highest BCUT2D eigenvalue weighted by Gasteiger charge is 2.10. The van der Waals surface area contributed by atoms with Gasteiger partial charge in [-0.15, -0.1) is 0 Å². The minimum Gasteiger partial charge on any atom is -0.341 e. The monoisotopic (exact) mass is 249 g/mol. The summed E-state index contributed by atoms with van der Waals surface area (Å²) in [6.07, 6.45) is 0.719. The number of aromatic nitrogens is 2. The molecule has 17 heavy (non-hydrogen) atoms. The van der Waals surface area contributed by atoms with Crippen LogP contribution in [0.1, 0.15) is 16.8 Å². The van der Waals surface area contributed by atoms with E-state index >= 15 is 0 Å². The number of H-pyrrole nitrogens is 1. The Morgan fingerprint density at radius 1 is 1.35 bits per heavy atom. The molecular weight excluding hydrogens is 234 g/mol. The average molecular weight is 250 g/mol. The van der Waals surface area contributed by atoms with Crippen molar-refractivity contribution < 1.29 is 0 Å². The molecule has 0 saturated heterocycles. The summed E-state index contributed by atoms with van der Waals surface area (Å²) in [5.74, 6) is 0.816. The zero-order valence-corrected chi connectivity index (χ0v) is 10.8. The van der Waals surface area contributed by atoms with E-state index in [1.54, 1.807) is 0 Å². The number of nitrogens with two attached hydrogens (primary N) is 1. The highest BCUT2D eigenvalue weighted by Crippen LogP contribution is 2.25. The van der Waals surface area contributed by atoms with Gasteiger partial charge in [-0.1, -0.05) is 35.4 Å². The van der Waals surface area contributed by atoms with E-state index in [1.807, 2.05) is 0 Å². The third-order valence-electron chi connectivity index (χ3n) is 2.76. The van der Waals surface area contributed by atoms with Crippen molar-refractivity contribution in [3.05, 3.63) is 40.2 Å². The number of hydrogen-bond acceptors (Lipinski definition) is 2. The van der Waals surface area contributed by atoms with Crippen LogP contribution in [0.25, 0.3) is 11.4 Å². The third-order valence-corrected chi connectivity index (χ3v) is 3.07. The zero-order chi connectivity index (χ0) is 12.4. The van der Waals surface area contributed by atoms with Crippen molar-refractivity contribution in [2.45, 2.75) is 20.3 Å². The predicted molar refractivity (Wildman–Crippen MR) is 71.3 cm³/mol. The van der Waals surface area contributed by atoms with Gasteiger partial charge in [0, 0.05) is 12.0 Å². The Kier molecular flexibility index (Phi) is 3.50. The fourth-order valence-corrected chi connectivity index (χ4v) is 2.13. The molecule has 0 bridgehead atoms. The van der Waals surface area contributed by atoms with E-state index in [2.05, 4.69) is 42.0 Å². The van der Waals surface area contributed by atoms with E-state index < -0.39 is 0 Å². The molecule has 0 saturated carbocycles. The fraction of sp³-hybridized carbons (Fsp3) is 0.308. The molecule has 2 aromatic rings. The SMILES string of the molecule is Cc1ccc(-c2nc(Cl)c(CCN)[nH]2)c(C)c1. The molecule has 90 valence electrons. The molecule has 0 radical (unpaired) electrons. The molecular formula is C13H16ClN3.